The van der Waals surface area contributed by atoms with Gasteiger partial charge in [-0.15, -0.1) is 0 Å². The van der Waals surface area contributed by atoms with E-state index >= 15 is 0 Å². The second-order valence-corrected chi connectivity index (χ2v) is 6.31. The lowest BCUT2D eigenvalue weighted by atomic mass is 9.96. The van der Waals surface area contributed by atoms with Crippen LogP contribution in [0.15, 0.2) is 29.1 Å². The maximum atomic E-state index is 13.3. The number of fused-ring (bicyclic) bond motifs is 1. The number of nitrogens with zero attached hydrogens (tertiary/aromatic N) is 1. The van der Waals surface area contributed by atoms with Gasteiger partial charge in [0.15, 0.2) is 0 Å². The van der Waals surface area contributed by atoms with Crippen molar-refractivity contribution in [1.29, 1.82) is 0 Å². The van der Waals surface area contributed by atoms with Gasteiger partial charge in [0.2, 0.25) is 5.56 Å². The summed E-state index contributed by atoms with van der Waals surface area (Å²) in [6, 6.07) is 6.11. The number of nitrogens with one attached hydrogen (secondary N) is 1. The van der Waals surface area contributed by atoms with Gasteiger partial charge in [-0.2, -0.15) is 13.2 Å². The van der Waals surface area contributed by atoms with E-state index in [-0.39, 0.29) is 23.0 Å². The highest BCUT2D eigenvalue weighted by atomic mass is 19.4. The van der Waals surface area contributed by atoms with Crippen molar-refractivity contribution in [1.82, 2.24) is 4.98 Å². The van der Waals surface area contributed by atoms with E-state index in [1.807, 2.05) is 0 Å². The number of halogens is 3. The maximum absolute atomic E-state index is 13.3. The second kappa shape index (κ2) is 5.58. The Labute approximate surface area is 132 Å². The van der Waals surface area contributed by atoms with Gasteiger partial charge in [-0.1, -0.05) is 0 Å². The van der Waals surface area contributed by atoms with Crippen LogP contribution in [0.3, 0.4) is 0 Å². The minimum Gasteiger partial charge on any atom is -0.366 e. The summed E-state index contributed by atoms with van der Waals surface area (Å²) in [7, 11) is 0. The van der Waals surface area contributed by atoms with Crippen LogP contribution in [0.25, 0.3) is 10.9 Å². The molecule has 124 valence electrons. The fraction of sp³-hybridized carbons (Fsp3) is 0.471. The molecule has 1 fully saturated rings. The number of anilines is 1. The number of aromatic nitrogens is 1. The Morgan fingerprint density at radius 3 is 2.39 bits per heavy atom. The van der Waals surface area contributed by atoms with Gasteiger partial charge >= 0.3 is 6.18 Å². The molecule has 2 heterocycles. The van der Waals surface area contributed by atoms with Crippen LogP contribution >= 0.6 is 0 Å². The average Bonchev–Trinajstić information content (AvgIpc) is 2.45. The summed E-state index contributed by atoms with van der Waals surface area (Å²) < 4.78 is 39.8. The standard InChI is InChI=1S/C17H19F3N2O/c1-10-4-3-5-11(2)22(10)12-6-7-15-13(8-12)14(17(18,19)20)9-16(23)21-15/h6-11H,3-5H2,1-2H3,(H,21,23). The molecule has 6 heteroatoms. The fourth-order valence-corrected chi connectivity index (χ4v) is 3.57. The number of pyridine rings is 1. The van der Waals surface area contributed by atoms with Crippen molar-refractivity contribution in [3.63, 3.8) is 0 Å². The molecular formula is C17H19F3N2O. The van der Waals surface area contributed by atoms with Gasteiger partial charge < -0.3 is 9.88 Å². The molecule has 2 unspecified atom stereocenters. The zero-order chi connectivity index (χ0) is 16.8. The summed E-state index contributed by atoms with van der Waals surface area (Å²) in [4.78, 5) is 16.1. The largest absolute Gasteiger partial charge is 0.417 e. The first-order chi connectivity index (χ1) is 10.8. The molecule has 1 aromatic carbocycles. The molecule has 0 bridgehead atoms. The van der Waals surface area contributed by atoms with Crippen LogP contribution in [0, 0.1) is 0 Å². The Bertz CT molecular complexity index is 771. The summed E-state index contributed by atoms with van der Waals surface area (Å²) in [5.41, 5.74) is -0.631. The molecule has 3 rings (SSSR count). The third-order valence-electron chi connectivity index (χ3n) is 4.62. The van der Waals surface area contributed by atoms with Crippen molar-refractivity contribution in [2.24, 2.45) is 0 Å². The van der Waals surface area contributed by atoms with Crippen LogP contribution in [-0.2, 0) is 6.18 Å². The normalized spacial score (nSPS) is 22.6. The minimum absolute atomic E-state index is 0.0413. The van der Waals surface area contributed by atoms with Crippen LogP contribution in [0.1, 0.15) is 38.7 Å². The van der Waals surface area contributed by atoms with E-state index in [1.165, 1.54) is 0 Å². The summed E-state index contributed by atoms with van der Waals surface area (Å²) >= 11 is 0. The van der Waals surface area contributed by atoms with Crippen LogP contribution < -0.4 is 10.5 Å². The lowest BCUT2D eigenvalue weighted by Gasteiger charge is -2.41. The van der Waals surface area contributed by atoms with E-state index in [0.717, 1.165) is 24.9 Å². The number of piperidine rings is 1. The molecule has 0 amide bonds. The molecule has 23 heavy (non-hydrogen) atoms. The van der Waals surface area contributed by atoms with Crippen molar-refractivity contribution in [2.45, 2.75) is 51.4 Å². The number of H-pyrrole nitrogens is 1. The molecule has 3 nitrogen and oxygen atoms in total. The van der Waals surface area contributed by atoms with Crippen molar-refractivity contribution < 1.29 is 13.2 Å². The summed E-state index contributed by atoms with van der Waals surface area (Å²) in [5, 5.41) is 0.0413. The maximum Gasteiger partial charge on any atom is 0.417 e. The minimum atomic E-state index is -4.55. The fourth-order valence-electron chi connectivity index (χ4n) is 3.57. The highest BCUT2D eigenvalue weighted by Gasteiger charge is 2.34. The average molecular weight is 324 g/mol. The Kier molecular flexibility index (Phi) is 3.86. The molecular weight excluding hydrogens is 305 g/mol. The number of hydrogen-bond acceptors (Lipinski definition) is 2. The van der Waals surface area contributed by atoms with Crippen molar-refractivity contribution in [2.75, 3.05) is 4.90 Å². The smallest absolute Gasteiger partial charge is 0.366 e. The first kappa shape index (κ1) is 15.9. The highest BCUT2D eigenvalue weighted by Crippen LogP contribution is 2.36. The van der Waals surface area contributed by atoms with E-state index < -0.39 is 17.3 Å². The van der Waals surface area contributed by atoms with Crippen LogP contribution in [0.4, 0.5) is 18.9 Å². The molecule has 1 N–H and O–H groups in total. The summed E-state index contributed by atoms with van der Waals surface area (Å²) in [6.07, 6.45) is -1.36. The second-order valence-electron chi connectivity index (χ2n) is 6.31. The van der Waals surface area contributed by atoms with Crippen molar-refractivity contribution in [3.05, 3.63) is 40.2 Å². The van der Waals surface area contributed by atoms with Crippen LogP contribution in [0.5, 0.6) is 0 Å². The van der Waals surface area contributed by atoms with Gasteiger partial charge in [-0.25, -0.2) is 0 Å². The topological polar surface area (TPSA) is 36.1 Å². The van der Waals surface area contributed by atoms with Gasteiger partial charge in [0.1, 0.15) is 0 Å². The first-order valence-corrected chi connectivity index (χ1v) is 7.80. The zero-order valence-electron chi connectivity index (χ0n) is 13.1. The van der Waals surface area contributed by atoms with Gasteiger partial charge in [-0.05, 0) is 51.3 Å². The van der Waals surface area contributed by atoms with Crippen LogP contribution in [-0.4, -0.2) is 17.1 Å². The monoisotopic (exact) mass is 324 g/mol. The van der Waals surface area contributed by atoms with E-state index in [2.05, 4.69) is 23.7 Å². The lowest BCUT2D eigenvalue weighted by molar-refractivity contribution is -0.136. The van der Waals surface area contributed by atoms with E-state index in [1.54, 1.807) is 18.2 Å². The Hall–Kier alpha value is -1.98. The van der Waals surface area contributed by atoms with Crippen molar-refractivity contribution >= 4 is 16.6 Å². The van der Waals surface area contributed by atoms with E-state index in [0.29, 0.717) is 6.07 Å². The molecule has 1 aliphatic rings. The molecule has 0 saturated carbocycles. The lowest BCUT2D eigenvalue weighted by Crippen LogP contribution is -2.43. The number of hydrogen-bond donors (Lipinski definition) is 1. The van der Waals surface area contributed by atoms with Gasteiger partial charge in [0.25, 0.3) is 0 Å². The number of rotatable bonds is 1. The van der Waals surface area contributed by atoms with E-state index in [9.17, 15) is 18.0 Å². The Balaban J connectivity index is 2.18. The van der Waals surface area contributed by atoms with Gasteiger partial charge in [-0.3, -0.25) is 4.79 Å². The molecule has 0 radical (unpaired) electrons. The third kappa shape index (κ3) is 2.94. The molecule has 1 saturated heterocycles. The first-order valence-electron chi connectivity index (χ1n) is 7.80. The predicted molar refractivity (Wildman–Crippen MR) is 84.8 cm³/mol. The Morgan fingerprint density at radius 2 is 1.78 bits per heavy atom. The number of benzene rings is 1. The zero-order valence-corrected chi connectivity index (χ0v) is 13.1. The van der Waals surface area contributed by atoms with E-state index in [4.69, 9.17) is 0 Å². The highest BCUT2D eigenvalue weighted by molar-refractivity contribution is 5.86. The molecule has 1 aromatic heterocycles. The van der Waals surface area contributed by atoms with Crippen LogP contribution in [0.2, 0.25) is 0 Å². The number of aromatic amines is 1. The Morgan fingerprint density at radius 1 is 1.13 bits per heavy atom. The SMILES string of the molecule is CC1CCCC(C)N1c1ccc2[nH]c(=O)cc(C(F)(F)F)c2c1. The quantitative estimate of drug-likeness (QED) is 0.848. The molecule has 2 atom stereocenters. The molecule has 0 spiro atoms. The predicted octanol–water partition coefficient (Wildman–Crippen LogP) is 4.31. The van der Waals surface area contributed by atoms with Crippen molar-refractivity contribution in [3.8, 4) is 0 Å². The molecule has 0 aliphatic carbocycles. The number of alkyl halides is 3. The molecule has 1 aliphatic heterocycles. The molecule has 2 aromatic rings. The third-order valence-corrected chi connectivity index (χ3v) is 4.62. The van der Waals surface area contributed by atoms with Gasteiger partial charge in [0.05, 0.1) is 5.56 Å². The summed E-state index contributed by atoms with van der Waals surface area (Å²) in [5.74, 6) is 0. The van der Waals surface area contributed by atoms with Gasteiger partial charge in [0, 0.05) is 34.7 Å². The summed E-state index contributed by atoms with van der Waals surface area (Å²) in [6.45, 7) is 4.19.